The lowest BCUT2D eigenvalue weighted by atomic mass is 10.0. The minimum absolute atomic E-state index is 0.260. The van der Waals surface area contributed by atoms with E-state index in [-0.39, 0.29) is 11.3 Å². The Bertz CT molecular complexity index is 693. The standard InChI is InChI=1S/C16H13F3O4/c1-21-14-9-11(5-8-13(14)15(20)22-2)10-3-6-12(7-4-10)23-16(17,18)19/h3-9H,1-2H3. The van der Waals surface area contributed by atoms with Crippen molar-refractivity contribution in [2.75, 3.05) is 14.2 Å². The normalized spacial score (nSPS) is 11.0. The van der Waals surface area contributed by atoms with Gasteiger partial charge in [-0.15, -0.1) is 13.2 Å². The van der Waals surface area contributed by atoms with E-state index in [9.17, 15) is 18.0 Å². The summed E-state index contributed by atoms with van der Waals surface area (Å²) in [6.07, 6.45) is -4.73. The second kappa shape index (κ2) is 6.60. The van der Waals surface area contributed by atoms with Gasteiger partial charge in [0.1, 0.15) is 17.1 Å². The summed E-state index contributed by atoms with van der Waals surface area (Å²) in [7, 11) is 2.67. The zero-order valence-corrected chi connectivity index (χ0v) is 12.3. The monoisotopic (exact) mass is 326 g/mol. The summed E-state index contributed by atoms with van der Waals surface area (Å²) in [6.45, 7) is 0. The van der Waals surface area contributed by atoms with Gasteiger partial charge in [-0.3, -0.25) is 0 Å². The van der Waals surface area contributed by atoms with Crippen LogP contribution in [0.4, 0.5) is 13.2 Å². The highest BCUT2D eigenvalue weighted by Gasteiger charge is 2.30. The van der Waals surface area contributed by atoms with Crippen LogP contribution >= 0.6 is 0 Å². The molecule has 7 heteroatoms. The van der Waals surface area contributed by atoms with Crippen molar-refractivity contribution in [1.82, 2.24) is 0 Å². The summed E-state index contributed by atoms with van der Waals surface area (Å²) in [4.78, 5) is 11.6. The van der Waals surface area contributed by atoms with E-state index in [2.05, 4.69) is 9.47 Å². The number of rotatable bonds is 4. The fraction of sp³-hybridized carbons (Fsp3) is 0.188. The molecule has 0 atom stereocenters. The van der Waals surface area contributed by atoms with E-state index in [1.165, 1.54) is 44.6 Å². The van der Waals surface area contributed by atoms with E-state index in [4.69, 9.17) is 4.74 Å². The molecule has 122 valence electrons. The first-order valence-corrected chi connectivity index (χ1v) is 6.46. The number of hydrogen-bond acceptors (Lipinski definition) is 4. The summed E-state index contributed by atoms with van der Waals surface area (Å²) in [5.74, 6) is -0.535. The first-order chi connectivity index (χ1) is 10.8. The maximum Gasteiger partial charge on any atom is 0.573 e. The van der Waals surface area contributed by atoms with Crippen molar-refractivity contribution in [1.29, 1.82) is 0 Å². The number of benzene rings is 2. The summed E-state index contributed by atoms with van der Waals surface area (Å²) < 4.78 is 50.0. The van der Waals surface area contributed by atoms with E-state index < -0.39 is 12.3 Å². The molecule has 0 heterocycles. The van der Waals surface area contributed by atoms with Crippen molar-refractivity contribution in [3.05, 3.63) is 48.0 Å². The van der Waals surface area contributed by atoms with Gasteiger partial charge in [-0.2, -0.15) is 0 Å². The molecule has 0 amide bonds. The van der Waals surface area contributed by atoms with Crippen LogP contribution < -0.4 is 9.47 Å². The Labute approximate surface area is 130 Å². The average molecular weight is 326 g/mol. The molecule has 4 nitrogen and oxygen atoms in total. The highest BCUT2D eigenvalue weighted by atomic mass is 19.4. The van der Waals surface area contributed by atoms with Gasteiger partial charge in [-0.25, -0.2) is 4.79 Å². The highest BCUT2D eigenvalue weighted by molar-refractivity contribution is 5.93. The molecule has 0 bridgehead atoms. The fourth-order valence-electron chi connectivity index (χ4n) is 2.00. The molecule has 0 unspecified atom stereocenters. The van der Waals surface area contributed by atoms with Gasteiger partial charge in [0.15, 0.2) is 0 Å². The molecule has 0 aromatic heterocycles. The van der Waals surface area contributed by atoms with Crippen molar-refractivity contribution < 1.29 is 32.2 Å². The lowest BCUT2D eigenvalue weighted by molar-refractivity contribution is -0.274. The summed E-state index contributed by atoms with van der Waals surface area (Å²) >= 11 is 0. The molecule has 0 fully saturated rings. The Morgan fingerprint density at radius 3 is 2.09 bits per heavy atom. The van der Waals surface area contributed by atoms with Crippen molar-refractivity contribution >= 4 is 5.97 Å². The molecule has 2 rings (SSSR count). The Hall–Kier alpha value is -2.70. The van der Waals surface area contributed by atoms with Crippen LogP contribution in [0.1, 0.15) is 10.4 Å². The first-order valence-electron chi connectivity index (χ1n) is 6.46. The van der Waals surface area contributed by atoms with Crippen molar-refractivity contribution in [3.63, 3.8) is 0 Å². The minimum atomic E-state index is -4.73. The molecule has 0 aliphatic carbocycles. The van der Waals surface area contributed by atoms with E-state index in [1.54, 1.807) is 12.1 Å². The van der Waals surface area contributed by atoms with Gasteiger partial charge < -0.3 is 14.2 Å². The van der Waals surface area contributed by atoms with Crippen LogP contribution in [0.2, 0.25) is 0 Å². The van der Waals surface area contributed by atoms with Crippen LogP contribution in [0.3, 0.4) is 0 Å². The quantitative estimate of drug-likeness (QED) is 0.795. The molecule has 0 radical (unpaired) electrons. The summed E-state index contributed by atoms with van der Waals surface area (Å²) in [6, 6.07) is 10.2. The van der Waals surface area contributed by atoms with Gasteiger partial charge in [-0.05, 0) is 35.4 Å². The molecular formula is C16H13F3O4. The lowest BCUT2D eigenvalue weighted by Crippen LogP contribution is -2.16. The summed E-state index contributed by atoms with van der Waals surface area (Å²) in [5.41, 5.74) is 1.58. The van der Waals surface area contributed by atoms with E-state index in [0.29, 0.717) is 16.9 Å². The zero-order chi connectivity index (χ0) is 17.0. The van der Waals surface area contributed by atoms with Gasteiger partial charge in [0, 0.05) is 0 Å². The van der Waals surface area contributed by atoms with E-state index in [0.717, 1.165) is 0 Å². The maximum atomic E-state index is 12.1. The number of alkyl halides is 3. The molecule has 2 aromatic carbocycles. The highest BCUT2D eigenvalue weighted by Crippen LogP contribution is 2.30. The molecule has 0 spiro atoms. The molecule has 23 heavy (non-hydrogen) atoms. The Morgan fingerprint density at radius 2 is 1.57 bits per heavy atom. The molecule has 0 saturated heterocycles. The predicted molar refractivity (Wildman–Crippen MR) is 76.5 cm³/mol. The van der Waals surface area contributed by atoms with Crippen LogP contribution in [-0.2, 0) is 4.74 Å². The molecule has 2 aromatic rings. The smallest absolute Gasteiger partial charge is 0.496 e. The van der Waals surface area contributed by atoms with Gasteiger partial charge in [-0.1, -0.05) is 18.2 Å². The molecular weight excluding hydrogens is 313 g/mol. The van der Waals surface area contributed by atoms with Crippen LogP contribution in [0.25, 0.3) is 11.1 Å². The van der Waals surface area contributed by atoms with Crippen LogP contribution in [0.15, 0.2) is 42.5 Å². The van der Waals surface area contributed by atoms with E-state index in [1.807, 2.05) is 0 Å². The number of carbonyl (C=O) groups is 1. The molecule has 0 N–H and O–H groups in total. The van der Waals surface area contributed by atoms with Crippen molar-refractivity contribution in [2.24, 2.45) is 0 Å². The maximum absolute atomic E-state index is 12.1. The van der Waals surface area contributed by atoms with Crippen LogP contribution in [0.5, 0.6) is 11.5 Å². The van der Waals surface area contributed by atoms with Crippen molar-refractivity contribution in [2.45, 2.75) is 6.36 Å². The van der Waals surface area contributed by atoms with Crippen LogP contribution in [-0.4, -0.2) is 26.6 Å². The molecule has 0 saturated carbocycles. The van der Waals surface area contributed by atoms with Gasteiger partial charge in [0.2, 0.25) is 0 Å². The number of carbonyl (C=O) groups excluding carboxylic acids is 1. The Morgan fingerprint density at radius 1 is 0.957 bits per heavy atom. The molecule has 0 aliphatic heterocycles. The zero-order valence-electron chi connectivity index (χ0n) is 12.3. The summed E-state index contributed by atoms with van der Waals surface area (Å²) in [5, 5.41) is 0. The average Bonchev–Trinajstić information content (AvgIpc) is 2.52. The number of ether oxygens (including phenoxy) is 3. The Kier molecular flexibility index (Phi) is 4.78. The number of methoxy groups -OCH3 is 2. The van der Waals surface area contributed by atoms with Gasteiger partial charge in [0.25, 0.3) is 0 Å². The topological polar surface area (TPSA) is 44.8 Å². The molecule has 0 aliphatic rings. The lowest BCUT2D eigenvalue weighted by Gasteiger charge is -2.11. The SMILES string of the molecule is COC(=O)c1ccc(-c2ccc(OC(F)(F)F)cc2)cc1OC. The largest absolute Gasteiger partial charge is 0.573 e. The van der Waals surface area contributed by atoms with Crippen LogP contribution in [0, 0.1) is 0 Å². The van der Waals surface area contributed by atoms with E-state index >= 15 is 0 Å². The Balaban J connectivity index is 2.30. The number of hydrogen-bond donors (Lipinski definition) is 0. The third-order valence-corrected chi connectivity index (χ3v) is 3.03. The minimum Gasteiger partial charge on any atom is -0.496 e. The number of esters is 1. The second-order valence-electron chi connectivity index (χ2n) is 4.48. The van der Waals surface area contributed by atoms with Gasteiger partial charge >= 0.3 is 12.3 Å². The number of halogens is 3. The first kappa shape index (κ1) is 16.7. The third-order valence-electron chi connectivity index (χ3n) is 3.03. The fourth-order valence-corrected chi connectivity index (χ4v) is 2.00. The third kappa shape index (κ3) is 4.15. The second-order valence-corrected chi connectivity index (χ2v) is 4.48. The van der Waals surface area contributed by atoms with Gasteiger partial charge in [0.05, 0.1) is 14.2 Å². The predicted octanol–water partition coefficient (Wildman–Crippen LogP) is 4.05. The van der Waals surface area contributed by atoms with Crippen molar-refractivity contribution in [3.8, 4) is 22.6 Å².